The summed E-state index contributed by atoms with van der Waals surface area (Å²) >= 11 is 2.21. The van der Waals surface area contributed by atoms with Crippen LogP contribution in [0.2, 0.25) is 0 Å². The lowest BCUT2D eigenvalue weighted by atomic mass is 10.2. The van der Waals surface area contributed by atoms with E-state index < -0.39 is 0 Å². The van der Waals surface area contributed by atoms with Crippen molar-refractivity contribution in [1.29, 1.82) is 0 Å². The first-order chi connectivity index (χ1) is 10.1. The Morgan fingerprint density at radius 2 is 1.86 bits per heavy atom. The Bertz CT molecular complexity index is 411. The van der Waals surface area contributed by atoms with Gasteiger partial charge in [0.05, 0.1) is 32.5 Å². The minimum absolute atomic E-state index is 0.0520. The van der Waals surface area contributed by atoms with Crippen molar-refractivity contribution in [2.45, 2.75) is 13.0 Å². The maximum absolute atomic E-state index is 11.9. The summed E-state index contributed by atoms with van der Waals surface area (Å²) in [7, 11) is 1.64. The Balaban J connectivity index is 2.13. The number of nitrogens with one attached hydrogen (secondary N) is 1. The fourth-order valence-electron chi connectivity index (χ4n) is 1.55. The molecule has 5 nitrogen and oxygen atoms in total. The van der Waals surface area contributed by atoms with Gasteiger partial charge in [-0.15, -0.1) is 0 Å². The Morgan fingerprint density at radius 3 is 2.52 bits per heavy atom. The molecular formula is C15H22INO4. The summed E-state index contributed by atoms with van der Waals surface area (Å²) in [4.78, 5) is 11.9. The van der Waals surface area contributed by atoms with E-state index >= 15 is 0 Å². The van der Waals surface area contributed by atoms with Crippen LogP contribution < -0.4 is 5.32 Å². The zero-order chi connectivity index (χ0) is 15.5. The van der Waals surface area contributed by atoms with E-state index in [2.05, 4.69) is 27.9 Å². The molecule has 0 spiro atoms. The smallest absolute Gasteiger partial charge is 0.251 e. The van der Waals surface area contributed by atoms with Gasteiger partial charge in [0.25, 0.3) is 5.91 Å². The lowest BCUT2D eigenvalue weighted by Gasteiger charge is -2.14. The van der Waals surface area contributed by atoms with E-state index in [9.17, 15) is 4.79 Å². The molecule has 1 amide bonds. The maximum atomic E-state index is 11.9. The van der Waals surface area contributed by atoms with Crippen molar-refractivity contribution >= 4 is 28.5 Å². The molecule has 1 N–H and O–H groups in total. The summed E-state index contributed by atoms with van der Waals surface area (Å²) < 4.78 is 16.8. The van der Waals surface area contributed by atoms with Gasteiger partial charge in [-0.25, -0.2) is 0 Å². The van der Waals surface area contributed by atoms with Crippen LogP contribution in [-0.2, 0) is 14.2 Å². The summed E-state index contributed by atoms with van der Waals surface area (Å²) in [5.74, 6) is -0.0850. The van der Waals surface area contributed by atoms with Gasteiger partial charge in [0.15, 0.2) is 0 Å². The predicted molar refractivity (Wildman–Crippen MR) is 89.6 cm³/mol. The molecule has 0 aliphatic carbocycles. The molecule has 0 saturated heterocycles. The molecule has 0 saturated carbocycles. The van der Waals surface area contributed by atoms with Crippen molar-refractivity contribution in [2.75, 3.05) is 40.1 Å². The summed E-state index contributed by atoms with van der Waals surface area (Å²) in [5, 5.41) is 2.85. The minimum atomic E-state index is -0.0850. The Kier molecular flexibility index (Phi) is 9.56. The average molecular weight is 407 g/mol. The second-order valence-corrected chi connectivity index (χ2v) is 5.75. The largest absolute Gasteiger partial charge is 0.382 e. The molecule has 0 bridgehead atoms. The number of rotatable bonds is 10. The van der Waals surface area contributed by atoms with Crippen molar-refractivity contribution < 1.29 is 19.0 Å². The van der Waals surface area contributed by atoms with Crippen LogP contribution >= 0.6 is 22.6 Å². The van der Waals surface area contributed by atoms with Crippen LogP contribution in [0.3, 0.4) is 0 Å². The molecule has 6 heteroatoms. The zero-order valence-electron chi connectivity index (χ0n) is 12.4. The van der Waals surface area contributed by atoms with Crippen LogP contribution in [0, 0.1) is 3.57 Å². The van der Waals surface area contributed by atoms with Crippen LogP contribution in [0.4, 0.5) is 0 Å². The van der Waals surface area contributed by atoms with Gasteiger partial charge in [0.2, 0.25) is 0 Å². The molecule has 1 atom stereocenters. The number of amides is 1. The van der Waals surface area contributed by atoms with E-state index in [4.69, 9.17) is 14.2 Å². The summed E-state index contributed by atoms with van der Waals surface area (Å²) in [6.45, 7) is 4.58. The van der Waals surface area contributed by atoms with Crippen LogP contribution in [0.1, 0.15) is 17.3 Å². The molecule has 0 radical (unpaired) electrons. The van der Waals surface area contributed by atoms with Crippen molar-refractivity contribution in [2.24, 2.45) is 0 Å². The van der Waals surface area contributed by atoms with E-state index in [0.717, 1.165) is 3.57 Å². The third kappa shape index (κ3) is 8.35. The topological polar surface area (TPSA) is 56.8 Å². The zero-order valence-corrected chi connectivity index (χ0v) is 14.6. The number of ether oxygens (including phenoxy) is 3. The van der Waals surface area contributed by atoms with Crippen LogP contribution in [0.15, 0.2) is 24.3 Å². The first-order valence-electron chi connectivity index (χ1n) is 6.85. The standard InChI is InChI=1S/C15H22INO4/c1-12(21-10-9-20-8-7-19-2)11-17-15(18)13-3-5-14(16)6-4-13/h3-6,12H,7-11H2,1-2H3,(H,17,18)/t12-/m0/s1. The molecule has 0 heterocycles. The highest BCUT2D eigenvalue weighted by atomic mass is 127. The molecule has 1 rings (SSSR count). The highest BCUT2D eigenvalue weighted by Gasteiger charge is 2.07. The second-order valence-electron chi connectivity index (χ2n) is 4.50. The molecule has 1 aromatic carbocycles. The monoisotopic (exact) mass is 407 g/mol. The molecule has 118 valence electrons. The van der Waals surface area contributed by atoms with Crippen LogP contribution in [0.5, 0.6) is 0 Å². The highest BCUT2D eigenvalue weighted by molar-refractivity contribution is 14.1. The number of carbonyl (C=O) groups excluding carboxylic acids is 1. The van der Waals surface area contributed by atoms with E-state index in [0.29, 0.717) is 38.5 Å². The predicted octanol–water partition coefficient (Wildman–Crippen LogP) is 2.09. The summed E-state index contributed by atoms with van der Waals surface area (Å²) in [6.07, 6.45) is -0.0520. The summed E-state index contributed by atoms with van der Waals surface area (Å²) in [5.41, 5.74) is 0.658. The quantitative estimate of drug-likeness (QED) is 0.477. The average Bonchev–Trinajstić information content (AvgIpc) is 2.49. The van der Waals surface area contributed by atoms with Crippen molar-refractivity contribution in [3.63, 3.8) is 0 Å². The number of carbonyl (C=O) groups is 1. The number of halogens is 1. The van der Waals surface area contributed by atoms with Gasteiger partial charge in [-0.3, -0.25) is 4.79 Å². The fourth-order valence-corrected chi connectivity index (χ4v) is 1.91. The Labute approximate surface area is 139 Å². The number of hydrogen-bond acceptors (Lipinski definition) is 4. The Hall–Kier alpha value is -0.700. The number of methoxy groups -OCH3 is 1. The normalized spacial score (nSPS) is 12.1. The van der Waals surface area contributed by atoms with Gasteiger partial charge >= 0.3 is 0 Å². The highest BCUT2D eigenvalue weighted by Crippen LogP contribution is 2.06. The van der Waals surface area contributed by atoms with Crippen molar-refractivity contribution in [1.82, 2.24) is 5.32 Å². The molecule has 1 aromatic rings. The van der Waals surface area contributed by atoms with Gasteiger partial charge in [0.1, 0.15) is 0 Å². The Morgan fingerprint density at radius 1 is 1.19 bits per heavy atom. The maximum Gasteiger partial charge on any atom is 0.251 e. The van der Waals surface area contributed by atoms with E-state index in [1.807, 2.05) is 31.2 Å². The first-order valence-corrected chi connectivity index (χ1v) is 7.93. The second kappa shape index (κ2) is 10.9. The van der Waals surface area contributed by atoms with E-state index in [-0.39, 0.29) is 12.0 Å². The molecule has 0 fully saturated rings. The van der Waals surface area contributed by atoms with E-state index in [1.165, 1.54) is 0 Å². The fraction of sp³-hybridized carbons (Fsp3) is 0.533. The van der Waals surface area contributed by atoms with Gasteiger partial charge in [-0.2, -0.15) is 0 Å². The van der Waals surface area contributed by atoms with Gasteiger partial charge in [0, 0.05) is 22.8 Å². The molecule has 21 heavy (non-hydrogen) atoms. The van der Waals surface area contributed by atoms with Crippen molar-refractivity contribution in [3.8, 4) is 0 Å². The third-order valence-electron chi connectivity index (χ3n) is 2.72. The number of hydrogen-bond donors (Lipinski definition) is 1. The SMILES string of the molecule is COCCOCCO[C@@H](C)CNC(=O)c1ccc(I)cc1. The lowest BCUT2D eigenvalue weighted by molar-refractivity contribution is 0.000281. The molecule has 0 aliphatic rings. The van der Waals surface area contributed by atoms with Crippen LogP contribution in [0.25, 0.3) is 0 Å². The molecular weight excluding hydrogens is 385 g/mol. The molecule has 0 aliphatic heterocycles. The minimum Gasteiger partial charge on any atom is -0.382 e. The van der Waals surface area contributed by atoms with E-state index in [1.54, 1.807) is 7.11 Å². The van der Waals surface area contributed by atoms with Crippen molar-refractivity contribution in [3.05, 3.63) is 33.4 Å². The third-order valence-corrected chi connectivity index (χ3v) is 3.44. The van der Waals surface area contributed by atoms with Gasteiger partial charge < -0.3 is 19.5 Å². The first kappa shape index (κ1) is 18.3. The van der Waals surface area contributed by atoms with Crippen LogP contribution in [-0.4, -0.2) is 52.1 Å². The summed E-state index contributed by atoms with van der Waals surface area (Å²) in [6, 6.07) is 7.44. The number of benzene rings is 1. The lowest BCUT2D eigenvalue weighted by Crippen LogP contribution is -2.32. The molecule has 0 unspecified atom stereocenters. The van der Waals surface area contributed by atoms with Gasteiger partial charge in [-0.05, 0) is 53.8 Å². The van der Waals surface area contributed by atoms with Gasteiger partial charge in [-0.1, -0.05) is 0 Å². The molecule has 0 aromatic heterocycles.